The largest absolute Gasteiger partial charge is 0.480 e. The van der Waals surface area contributed by atoms with Gasteiger partial charge in [-0.3, -0.25) is 14.2 Å². The average molecular weight is 439 g/mol. The summed E-state index contributed by atoms with van der Waals surface area (Å²) >= 11 is 0.919. The molecular formula is C17H25N7O5S. The molecule has 13 heteroatoms. The summed E-state index contributed by atoms with van der Waals surface area (Å²) < 4.78 is 3.17. The highest BCUT2D eigenvalue weighted by atomic mass is 32.2. The Balaban J connectivity index is 2.17. The Kier molecular flexibility index (Phi) is 6.85. The Hall–Kier alpha value is -2.96. The number of nitrogens with one attached hydrogen (secondary N) is 1. The third-order valence-electron chi connectivity index (χ3n) is 4.38. The molecule has 0 fully saturated rings. The zero-order valence-corrected chi connectivity index (χ0v) is 18.4. The van der Waals surface area contributed by atoms with Crippen LogP contribution in [-0.2, 0) is 23.7 Å². The van der Waals surface area contributed by atoms with Gasteiger partial charge in [-0.05, 0) is 12.3 Å². The number of carboxylic acid groups (broad SMARTS) is 1. The summed E-state index contributed by atoms with van der Waals surface area (Å²) in [6.07, 6.45) is 1.49. The monoisotopic (exact) mass is 439 g/mol. The second-order valence-electron chi connectivity index (χ2n) is 7.87. The molecule has 0 aromatic carbocycles. The van der Waals surface area contributed by atoms with E-state index in [4.69, 9.17) is 5.11 Å². The van der Waals surface area contributed by atoms with Gasteiger partial charge >= 0.3 is 11.7 Å². The number of nitrogens with zero attached hydrogens (tertiary/aromatic N) is 6. The zero-order valence-electron chi connectivity index (χ0n) is 17.6. The topological polar surface area (TPSA) is 154 Å². The molecule has 2 unspecified atom stereocenters. The van der Waals surface area contributed by atoms with E-state index in [1.54, 1.807) is 0 Å². The van der Waals surface area contributed by atoms with Crippen LogP contribution >= 0.6 is 11.8 Å². The van der Waals surface area contributed by atoms with E-state index < -0.39 is 34.7 Å². The van der Waals surface area contributed by atoms with E-state index >= 15 is 0 Å². The maximum atomic E-state index is 12.6. The first-order chi connectivity index (χ1) is 13.8. The lowest BCUT2D eigenvalue weighted by Crippen LogP contribution is -2.40. The summed E-state index contributed by atoms with van der Waals surface area (Å²) in [5.74, 6) is -1.53. The molecule has 30 heavy (non-hydrogen) atoms. The predicted molar refractivity (Wildman–Crippen MR) is 108 cm³/mol. The average Bonchev–Trinajstić information content (AvgIpc) is 3.14. The minimum atomic E-state index is -1.05. The highest BCUT2D eigenvalue weighted by molar-refractivity contribution is 7.99. The van der Waals surface area contributed by atoms with Crippen molar-refractivity contribution in [3.8, 4) is 0 Å². The fraction of sp³-hybridized carbons (Fsp3) is 0.588. The normalized spacial score (nSPS) is 13.7. The number of carbonyl (C=O) groups is 2. The van der Waals surface area contributed by atoms with Gasteiger partial charge in [0.15, 0.2) is 5.03 Å². The van der Waals surface area contributed by atoms with Crippen molar-refractivity contribution >= 4 is 23.6 Å². The minimum absolute atomic E-state index is 0.0308. The van der Waals surface area contributed by atoms with Gasteiger partial charge in [-0.25, -0.2) is 19.0 Å². The van der Waals surface area contributed by atoms with Crippen LogP contribution in [0.1, 0.15) is 45.5 Å². The molecule has 0 saturated carbocycles. The van der Waals surface area contributed by atoms with Crippen LogP contribution in [0.2, 0.25) is 0 Å². The molecule has 0 aliphatic heterocycles. The molecule has 2 atom stereocenters. The molecule has 2 heterocycles. The molecule has 12 nitrogen and oxygen atoms in total. The van der Waals surface area contributed by atoms with Crippen LogP contribution in [0.3, 0.4) is 0 Å². The SMILES string of the molecule is CC(C(=O)O)n1cc(C(NC(=O)CSc2nn(C)c(=O)n(C)c2=O)C(C)(C)C)nn1. The molecule has 2 aromatic heterocycles. The number of carbonyl (C=O) groups excluding carboxylic acids is 1. The number of rotatable bonds is 7. The van der Waals surface area contributed by atoms with E-state index in [9.17, 15) is 19.2 Å². The van der Waals surface area contributed by atoms with Crippen molar-refractivity contribution in [3.05, 3.63) is 32.7 Å². The van der Waals surface area contributed by atoms with Crippen LogP contribution < -0.4 is 16.6 Å². The number of carboxylic acids is 1. The molecule has 0 radical (unpaired) electrons. The summed E-state index contributed by atoms with van der Waals surface area (Å²) in [4.78, 5) is 47.6. The molecule has 164 valence electrons. The summed E-state index contributed by atoms with van der Waals surface area (Å²) in [5.41, 5.74) is -1.15. The second kappa shape index (κ2) is 8.81. The van der Waals surface area contributed by atoms with Crippen LogP contribution in [-0.4, -0.2) is 52.1 Å². The van der Waals surface area contributed by atoms with Gasteiger partial charge in [0.25, 0.3) is 5.56 Å². The van der Waals surface area contributed by atoms with Crippen molar-refractivity contribution in [1.82, 2.24) is 34.7 Å². The third-order valence-corrected chi connectivity index (χ3v) is 5.32. The van der Waals surface area contributed by atoms with Gasteiger partial charge in [-0.1, -0.05) is 37.7 Å². The van der Waals surface area contributed by atoms with Crippen molar-refractivity contribution in [2.45, 2.75) is 44.8 Å². The lowest BCUT2D eigenvalue weighted by atomic mass is 9.85. The van der Waals surface area contributed by atoms with Crippen LogP contribution in [0.15, 0.2) is 20.8 Å². The van der Waals surface area contributed by atoms with Crippen LogP contribution in [0, 0.1) is 5.41 Å². The van der Waals surface area contributed by atoms with E-state index in [-0.39, 0.29) is 16.7 Å². The van der Waals surface area contributed by atoms with E-state index in [2.05, 4.69) is 20.7 Å². The molecule has 0 aliphatic rings. The minimum Gasteiger partial charge on any atom is -0.480 e. The first-order valence-corrected chi connectivity index (χ1v) is 10.0. The van der Waals surface area contributed by atoms with Crippen molar-refractivity contribution in [3.63, 3.8) is 0 Å². The van der Waals surface area contributed by atoms with Gasteiger partial charge in [0.1, 0.15) is 11.7 Å². The lowest BCUT2D eigenvalue weighted by molar-refractivity contribution is -0.140. The van der Waals surface area contributed by atoms with Crippen LogP contribution in [0.4, 0.5) is 0 Å². The van der Waals surface area contributed by atoms with Gasteiger partial charge in [0.2, 0.25) is 5.91 Å². The van der Waals surface area contributed by atoms with Crippen molar-refractivity contribution in [1.29, 1.82) is 0 Å². The first-order valence-electron chi connectivity index (χ1n) is 9.04. The van der Waals surface area contributed by atoms with E-state index in [0.717, 1.165) is 21.0 Å². The van der Waals surface area contributed by atoms with Crippen LogP contribution in [0.5, 0.6) is 0 Å². The van der Waals surface area contributed by atoms with Crippen molar-refractivity contribution in [2.24, 2.45) is 19.5 Å². The fourth-order valence-corrected chi connectivity index (χ4v) is 3.35. The van der Waals surface area contributed by atoms with E-state index in [1.807, 2.05) is 20.8 Å². The number of aromatic nitrogens is 6. The number of amides is 1. The van der Waals surface area contributed by atoms with Gasteiger partial charge in [-0.15, -0.1) is 5.10 Å². The number of thioether (sulfide) groups is 1. The molecule has 2 rings (SSSR count). The number of aliphatic carboxylic acids is 1. The molecule has 2 N–H and O–H groups in total. The third kappa shape index (κ3) is 5.14. The second-order valence-corrected chi connectivity index (χ2v) is 8.83. The molecule has 0 saturated heterocycles. The van der Waals surface area contributed by atoms with Gasteiger partial charge in [0, 0.05) is 14.1 Å². The summed E-state index contributed by atoms with van der Waals surface area (Å²) in [6, 6.07) is -1.44. The summed E-state index contributed by atoms with van der Waals surface area (Å²) in [7, 11) is 2.76. The first kappa shape index (κ1) is 23.3. The van der Waals surface area contributed by atoms with Gasteiger partial charge in [0.05, 0.1) is 18.0 Å². The highest BCUT2D eigenvalue weighted by Gasteiger charge is 2.31. The summed E-state index contributed by atoms with van der Waals surface area (Å²) in [5, 5.41) is 23.8. The fourth-order valence-electron chi connectivity index (χ4n) is 2.56. The Bertz CT molecular complexity index is 1070. The summed E-state index contributed by atoms with van der Waals surface area (Å²) in [6.45, 7) is 7.17. The van der Waals surface area contributed by atoms with E-state index in [1.165, 1.54) is 31.9 Å². The standard InChI is InChI=1S/C17H25N7O5S/c1-9(15(27)28)24-7-10(19-21-24)12(17(2,3)4)18-11(25)8-30-13-14(26)22(5)16(29)23(6)20-13/h7,9,12H,8H2,1-6H3,(H,18,25)(H,27,28). The van der Waals surface area contributed by atoms with Crippen LogP contribution in [0.25, 0.3) is 0 Å². The number of hydrogen-bond donors (Lipinski definition) is 2. The quantitative estimate of drug-likeness (QED) is 0.554. The molecule has 0 spiro atoms. The maximum absolute atomic E-state index is 12.6. The lowest BCUT2D eigenvalue weighted by Gasteiger charge is -2.29. The molecule has 1 amide bonds. The van der Waals surface area contributed by atoms with Crippen molar-refractivity contribution < 1.29 is 14.7 Å². The molecular weight excluding hydrogens is 414 g/mol. The smallest absolute Gasteiger partial charge is 0.346 e. The highest BCUT2D eigenvalue weighted by Crippen LogP contribution is 2.32. The Morgan fingerprint density at radius 2 is 1.90 bits per heavy atom. The Labute approximate surface area is 176 Å². The predicted octanol–water partition coefficient (Wildman–Crippen LogP) is -0.288. The maximum Gasteiger partial charge on any atom is 0.346 e. The molecule has 0 bridgehead atoms. The van der Waals surface area contributed by atoms with Crippen molar-refractivity contribution in [2.75, 3.05) is 5.75 Å². The molecule has 2 aromatic rings. The molecule has 0 aliphatic carbocycles. The Morgan fingerprint density at radius 1 is 1.27 bits per heavy atom. The zero-order chi connectivity index (χ0) is 22.8. The Morgan fingerprint density at radius 3 is 2.47 bits per heavy atom. The van der Waals surface area contributed by atoms with Gasteiger partial charge < -0.3 is 10.4 Å². The number of aryl methyl sites for hydroxylation is 1. The number of hydrogen-bond acceptors (Lipinski definition) is 8. The van der Waals surface area contributed by atoms with Gasteiger partial charge in [-0.2, -0.15) is 5.10 Å². The van der Waals surface area contributed by atoms with E-state index in [0.29, 0.717) is 5.69 Å².